The number of anilines is 1. The van der Waals surface area contributed by atoms with Crippen molar-refractivity contribution in [2.75, 3.05) is 44.4 Å². The van der Waals surface area contributed by atoms with Crippen molar-refractivity contribution in [3.8, 4) is 0 Å². The van der Waals surface area contributed by atoms with Crippen molar-refractivity contribution in [3.63, 3.8) is 0 Å². The fourth-order valence-electron chi connectivity index (χ4n) is 3.40. The highest BCUT2D eigenvalue weighted by molar-refractivity contribution is 7.89. The van der Waals surface area contributed by atoms with Crippen LogP contribution in [0.1, 0.15) is 11.1 Å². The Bertz CT molecular complexity index is 936. The number of rotatable bonds is 5. The molecule has 0 radical (unpaired) electrons. The molecule has 0 unspecified atom stereocenters. The Balaban J connectivity index is 1.51. The highest BCUT2D eigenvalue weighted by atomic mass is 32.2. The van der Waals surface area contributed by atoms with Crippen LogP contribution in [0.2, 0.25) is 0 Å². The molecule has 3 rings (SSSR count). The number of sulfone groups is 1. The number of nitrogens with zero attached hydrogens (tertiary/aromatic N) is 3. The van der Waals surface area contributed by atoms with Gasteiger partial charge >= 0.3 is 0 Å². The van der Waals surface area contributed by atoms with Crippen LogP contribution >= 0.6 is 0 Å². The van der Waals surface area contributed by atoms with Gasteiger partial charge in [0.25, 0.3) is 0 Å². The second kappa shape index (κ2) is 9.26. The van der Waals surface area contributed by atoms with Crippen LogP contribution in [0.15, 0.2) is 53.5 Å². The molecule has 1 N–H and O–H groups in total. The second-order valence-electron chi connectivity index (χ2n) is 7.24. The molecular formula is C21H27FN4O2S. The summed E-state index contributed by atoms with van der Waals surface area (Å²) in [5.74, 6) is 0.672. The molecule has 1 aliphatic heterocycles. The first-order chi connectivity index (χ1) is 13.8. The number of piperazine rings is 1. The summed E-state index contributed by atoms with van der Waals surface area (Å²) >= 11 is 0. The van der Waals surface area contributed by atoms with Gasteiger partial charge in [0.15, 0.2) is 15.8 Å². The molecule has 0 spiro atoms. The van der Waals surface area contributed by atoms with E-state index in [-0.39, 0.29) is 11.6 Å². The zero-order valence-electron chi connectivity index (χ0n) is 16.8. The Morgan fingerprint density at radius 3 is 2.14 bits per heavy atom. The van der Waals surface area contributed by atoms with E-state index in [1.807, 2.05) is 36.4 Å². The third kappa shape index (κ3) is 6.19. The van der Waals surface area contributed by atoms with Crippen LogP contribution in [0, 0.1) is 5.82 Å². The minimum Gasteiger partial charge on any atom is -0.368 e. The molecule has 8 heteroatoms. The van der Waals surface area contributed by atoms with Crippen molar-refractivity contribution in [2.45, 2.75) is 12.3 Å². The van der Waals surface area contributed by atoms with Gasteiger partial charge in [-0.05, 0) is 35.4 Å². The lowest BCUT2D eigenvalue weighted by atomic mass is 10.1. The van der Waals surface area contributed by atoms with Crippen molar-refractivity contribution >= 4 is 21.5 Å². The Morgan fingerprint density at radius 1 is 1.00 bits per heavy atom. The molecule has 1 fully saturated rings. The molecule has 0 aromatic heterocycles. The number of hydrogen-bond donors (Lipinski definition) is 1. The molecule has 2 aromatic rings. The summed E-state index contributed by atoms with van der Waals surface area (Å²) < 4.78 is 35.9. The smallest absolute Gasteiger partial charge is 0.194 e. The van der Waals surface area contributed by atoms with E-state index < -0.39 is 9.84 Å². The van der Waals surface area contributed by atoms with Gasteiger partial charge in [0, 0.05) is 51.7 Å². The summed E-state index contributed by atoms with van der Waals surface area (Å²) in [6.07, 6.45) is 1.24. The van der Waals surface area contributed by atoms with E-state index in [9.17, 15) is 12.8 Å². The summed E-state index contributed by atoms with van der Waals surface area (Å²) in [4.78, 5) is 8.83. The van der Waals surface area contributed by atoms with Crippen molar-refractivity contribution in [2.24, 2.45) is 4.99 Å². The van der Waals surface area contributed by atoms with Crippen molar-refractivity contribution in [3.05, 3.63) is 65.5 Å². The zero-order valence-corrected chi connectivity index (χ0v) is 17.6. The van der Waals surface area contributed by atoms with Gasteiger partial charge in [0.1, 0.15) is 5.82 Å². The molecule has 2 aromatic carbocycles. The van der Waals surface area contributed by atoms with Gasteiger partial charge in [0.2, 0.25) is 0 Å². The summed E-state index contributed by atoms with van der Waals surface area (Å²) in [5.41, 5.74) is 2.88. The number of aliphatic imine (C=N–C) groups is 1. The van der Waals surface area contributed by atoms with Gasteiger partial charge in [-0.15, -0.1) is 0 Å². The van der Waals surface area contributed by atoms with Crippen LogP contribution in [0.25, 0.3) is 0 Å². The monoisotopic (exact) mass is 418 g/mol. The molecule has 0 saturated carbocycles. The lowest BCUT2D eigenvalue weighted by molar-refractivity contribution is 0.372. The van der Waals surface area contributed by atoms with Gasteiger partial charge < -0.3 is 15.1 Å². The van der Waals surface area contributed by atoms with Gasteiger partial charge in [-0.25, -0.2) is 12.8 Å². The predicted molar refractivity (Wildman–Crippen MR) is 115 cm³/mol. The van der Waals surface area contributed by atoms with Gasteiger partial charge in [-0.1, -0.05) is 24.3 Å². The van der Waals surface area contributed by atoms with Crippen LogP contribution in [0.3, 0.4) is 0 Å². The summed E-state index contributed by atoms with van der Waals surface area (Å²) in [7, 11) is -1.26. The third-order valence-electron chi connectivity index (χ3n) is 4.89. The van der Waals surface area contributed by atoms with Gasteiger partial charge in [0.05, 0.1) is 5.75 Å². The fraction of sp³-hybridized carbons (Fsp3) is 0.381. The largest absolute Gasteiger partial charge is 0.368 e. The fourth-order valence-corrected chi connectivity index (χ4v) is 4.20. The van der Waals surface area contributed by atoms with Gasteiger partial charge in [-0.2, -0.15) is 0 Å². The van der Waals surface area contributed by atoms with Crippen LogP contribution in [0.5, 0.6) is 0 Å². The number of nitrogens with one attached hydrogen (secondary N) is 1. The Hall–Kier alpha value is -2.61. The van der Waals surface area contributed by atoms with E-state index in [4.69, 9.17) is 0 Å². The number of benzene rings is 2. The maximum atomic E-state index is 13.1. The van der Waals surface area contributed by atoms with E-state index in [1.165, 1.54) is 18.4 Å². The van der Waals surface area contributed by atoms with Crippen LogP contribution in [-0.2, 0) is 22.1 Å². The maximum absolute atomic E-state index is 13.1. The molecular weight excluding hydrogens is 391 g/mol. The van der Waals surface area contributed by atoms with E-state index in [2.05, 4.69) is 20.1 Å². The molecule has 1 aliphatic rings. The molecule has 156 valence electrons. The van der Waals surface area contributed by atoms with Crippen LogP contribution in [-0.4, -0.2) is 58.8 Å². The molecule has 0 atom stereocenters. The number of hydrogen-bond acceptors (Lipinski definition) is 4. The Morgan fingerprint density at radius 2 is 1.59 bits per heavy atom. The summed E-state index contributed by atoms with van der Waals surface area (Å²) in [5, 5.41) is 3.37. The average molecular weight is 419 g/mol. The highest BCUT2D eigenvalue weighted by Gasteiger charge is 2.19. The SMILES string of the molecule is CN=C(NCc1ccc(CS(C)(=O)=O)cc1)N1CCN(c2ccc(F)cc2)CC1. The molecule has 0 aliphatic carbocycles. The predicted octanol–water partition coefficient (Wildman–Crippen LogP) is 2.27. The first-order valence-electron chi connectivity index (χ1n) is 9.56. The molecule has 1 saturated heterocycles. The van der Waals surface area contributed by atoms with Crippen molar-refractivity contribution < 1.29 is 12.8 Å². The highest BCUT2D eigenvalue weighted by Crippen LogP contribution is 2.17. The first kappa shape index (κ1) is 21.1. The number of guanidine groups is 1. The standard InChI is InChI=1S/C21H27FN4O2S/c1-23-21(24-15-17-3-5-18(6-4-17)16-29(2,27)28)26-13-11-25(12-14-26)20-9-7-19(22)8-10-20/h3-10H,11-16H2,1-2H3,(H,23,24). The second-order valence-corrected chi connectivity index (χ2v) is 9.38. The summed E-state index contributed by atoms with van der Waals surface area (Å²) in [6.45, 7) is 3.94. The van der Waals surface area contributed by atoms with E-state index in [0.717, 1.165) is 49.0 Å². The van der Waals surface area contributed by atoms with Gasteiger partial charge in [-0.3, -0.25) is 4.99 Å². The van der Waals surface area contributed by atoms with Crippen LogP contribution in [0.4, 0.5) is 10.1 Å². The van der Waals surface area contributed by atoms with E-state index in [1.54, 1.807) is 7.05 Å². The van der Waals surface area contributed by atoms with E-state index >= 15 is 0 Å². The molecule has 29 heavy (non-hydrogen) atoms. The quantitative estimate of drug-likeness (QED) is 0.596. The topological polar surface area (TPSA) is 65.0 Å². The Kier molecular flexibility index (Phi) is 6.74. The lowest BCUT2D eigenvalue weighted by Crippen LogP contribution is -2.52. The maximum Gasteiger partial charge on any atom is 0.194 e. The molecule has 1 heterocycles. The first-order valence-corrected chi connectivity index (χ1v) is 11.6. The molecule has 6 nitrogen and oxygen atoms in total. The van der Waals surface area contributed by atoms with Crippen molar-refractivity contribution in [1.29, 1.82) is 0 Å². The molecule has 0 bridgehead atoms. The molecule has 0 amide bonds. The minimum atomic E-state index is -3.02. The lowest BCUT2D eigenvalue weighted by Gasteiger charge is -2.37. The summed E-state index contributed by atoms with van der Waals surface area (Å²) in [6, 6.07) is 14.2. The number of halogens is 1. The van der Waals surface area contributed by atoms with E-state index in [0.29, 0.717) is 6.54 Å². The third-order valence-corrected chi connectivity index (χ3v) is 5.74. The normalized spacial score (nSPS) is 15.5. The Labute approximate surface area is 172 Å². The average Bonchev–Trinajstić information content (AvgIpc) is 2.70. The van der Waals surface area contributed by atoms with Crippen LogP contribution < -0.4 is 10.2 Å². The zero-order chi connectivity index (χ0) is 20.9. The minimum absolute atomic E-state index is 0.0563. The van der Waals surface area contributed by atoms with Crippen molar-refractivity contribution in [1.82, 2.24) is 10.2 Å².